The summed E-state index contributed by atoms with van der Waals surface area (Å²) in [6.07, 6.45) is -4.11. The van der Waals surface area contributed by atoms with Gasteiger partial charge >= 0.3 is 6.18 Å². The molecule has 0 radical (unpaired) electrons. The molecule has 1 fully saturated rings. The van der Waals surface area contributed by atoms with E-state index in [1.807, 2.05) is 11.9 Å². The summed E-state index contributed by atoms with van der Waals surface area (Å²) >= 11 is 0. The van der Waals surface area contributed by atoms with Crippen molar-refractivity contribution in [3.05, 3.63) is 28.2 Å². The number of amides is 1. The Balaban J connectivity index is 2.23. The summed E-state index contributed by atoms with van der Waals surface area (Å²) in [5, 5.41) is 2.22. The number of ether oxygens (including phenoxy) is 1. The van der Waals surface area contributed by atoms with E-state index in [0.29, 0.717) is 18.9 Å². The Morgan fingerprint density at radius 1 is 1.50 bits per heavy atom. The number of nitrogens with one attached hydrogen (secondary N) is 2. The lowest BCUT2D eigenvalue weighted by molar-refractivity contribution is -0.166. The van der Waals surface area contributed by atoms with Gasteiger partial charge in [0.2, 0.25) is 5.91 Å². The molecular formula is C15H20F3N3O3. The lowest BCUT2D eigenvalue weighted by atomic mass is 9.54. The number of hydrogen-bond acceptors (Lipinski definition) is 4. The molecule has 1 aromatic heterocycles. The van der Waals surface area contributed by atoms with Crippen LogP contribution in [-0.4, -0.2) is 29.1 Å². The first-order valence-electron chi connectivity index (χ1n) is 7.45. The lowest BCUT2D eigenvalue weighted by Gasteiger charge is -2.57. The summed E-state index contributed by atoms with van der Waals surface area (Å²) in [4.78, 5) is 26.1. The maximum Gasteiger partial charge on any atom is 0.417 e. The Labute approximate surface area is 136 Å². The smallest absolute Gasteiger partial charge is 0.378 e. The topological polar surface area (TPSA) is 97.2 Å². The van der Waals surface area contributed by atoms with E-state index in [9.17, 15) is 22.8 Å². The predicted octanol–water partition coefficient (Wildman–Crippen LogP) is 1.86. The first-order chi connectivity index (χ1) is 10.9. The van der Waals surface area contributed by atoms with Crippen LogP contribution in [0.4, 0.5) is 18.9 Å². The maximum atomic E-state index is 12.7. The number of H-pyrrole nitrogens is 1. The van der Waals surface area contributed by atoms with E-state index in [0.717, 1.165) is 0 Å². The van der Waals surface area contributed by atoms with Gasteiger partial charge < -0.3 is 20.8 Å². The molecule has 1 amide bonds. The third-order valence-corrected chi connectivity index (χ3v) is 4.71. The van der Waals surface area contributed by atoms with Gasteiger partial charge in [-0.3, -0.25) is 9.59 Å². The normalized spacial score (nSPS) is 25.9. The molecule has 0 aromatic carbocycles. The molecule has 0 saturated heterocycles. The van der Waals surface area contributed by atoms with Gasteiger partial charge in [0, 0.05) is 24.6 Å². The van der Waals surface area contributed by atoms with Crippen LogP contribution in [-0.2, 0) is 15.7 Å². The summed E-state index contributed by atoms with van der Waals surface area (Å²) in [7, 11) is 0. The minimum atomic E-state index is -4.64. The van der Waals surface area contributed by atoms with E-state index in [1.165, 1.54) is 0 Å². The zero-order valence-electron chi connectivity index (χ0n) is 13.6. The van der Waals surface area contributed by atoms with Gasteiger partial charge in [-0.1, -0.05) is 13.8 Å². The number of carbonyl (C=O) groups excluding carboxylic acids is 1. The van der Waals surface area contributed by atoms with Crippen LogP contribution in [0.5, 0.6) is 0 Å². The van der Waals surface area contributed by atoms with Gasteiger partial charge in [-0.25, -0.2) is 0 Å². The number of alkyl halides is 3. The minimum absolute atomic E-state index is 0.219. The molecule has 2 atom stereocenters. The number of rotatable bonds is 4. The first-order valence-corrected chi connectivity index (χ1v) is 7.45. The summed E-state index contributed by atoms with van der Waals surface area (Å²) < 4.78 is 43.7. The summed E-state index contributed by atoms with van der Waals surface area (Å²) in [5.74, 6) is -0.715. The Kier molecular flexibility index (Phi) is 4.53. The highest BCUT2D eigenvalue weighted by Gasteiger charge is 2.62. The fraction of sp³-hybridized carbons (Fsp3) is 0.600. The third-order valence-electron chi connectivity index (χ3n) is 4.71. The number of pyridine rings is 1. The highest BCUT2D eigenvalue weighted by Crippen LogP contribution is 2.50. The molecule has 4 N–H and O–H groups in total. The van der Waals surface area contributed by atoms with E-state index >= 15 is 0 Å². The van der Waals surface area contributed by atoms with Crippen molar-refractivity contribution >= 4 is 11.6 Å². The van der Waals surface area contributed by atoms with Crippen LogP contribution in [0.3, 0.4) is 0 Å². The van der Waals surface area contributed by atoms with Crippen LogP contribution in [0.1, 0.15) is 32.8 Å². The Bertz CT molecular complexity index is 699. The SMILES string of the molecule is CCOC1CC(N)(C(=O)Nc2cc(C(F)(F)F)c[nH]c2=O)C1(C)C. The van der Waals surface area contributed by atoms with Crippen LogP contribution in [0.25, 0.3) is 0 Å². The van der Waals surface area contributed by atoms with Crippen molar-refractivity contribution in [2.24, 2.45) is 11.1 Å². The van der Waals surface area contributed by atoms with Crippen molar-refractivity contribution in [1.82, 2.24) is 4.98 Å². The Morgan fingerprint density at radius 3 is 2.62 bits per heavy atom. The van der Waals surface area contributed by atoms with Gasteiger partial charge in [-0.15, -0.1) is 0 Å². The molecule has 0 aliphatic heterocycles. The zero-order valence-corrected chi connectivity index (χ0v) is 13.6. The number of aromatic amines is 1. The van der Waals surface area contributed by atoms with Crippen LogP contribution in [0.15, 0.2) is 17.1 Å². The number of carbonyl (C=O) groups is 1. The molecule has 9 heteroatoms. The number of anilines is 1. The molecule has 1 saturated carbocycles. The van der Waals surface area contributed by atoms with Gasteiger partial charge in [0.15, 0.2) is 0 Å². The standard InChI is InChI=1S/C15H20F3N3O3/c1-4-24-10-6-14(19,13(10,2)3)12(23)21-9-5-8(15(16,17)18)7-20-11(9)22/h5,7,10H,4,6,19H2,1-3H3,(H,20,22)(H,21,23). The van der Waals surface area contributed by atoms with Gasteiger partial charge in [0.05, 0.1) is 11.7 Å². The van der Waals surface area contributed by atoms with Crippen molar-refractivity contribution in [2.45, 2.75) is 45.0 Å². The van der Waals surface area contributed by atoms with Crippen LogP contribution >= 0.6 is 0 Å². The summed E-state index contributed by atoms with van der Waals surface area (Å²) in [6.45, 7) is 5.76. The quantitative estimate of drug-likeness (QED) is 0.774. The van der Waals surface area contributed by atoms with Crippen molar-refractivity contribution in [1.29, 1.82) is 0 Å². The predicted molar refractivity (Wildman–Crippen MR) is 81.4 cm³/mol. The van der Waals surface area contributed by atoms with Gasteiger partial charge in [-0.2, -0.15) is 13.2 Å². The van der Waals surface area contributed by atoms with E-state index in [1.54, 1.807) is 13.8 Å². The molecule has 0 bridgehead atoms. The average Bonchev–Trinajstić information content (AvgIpc) is 2.47. The van der Waals surface area contributed by atoms with E-state index in [2.05, 4.69) is 5.32 Å². The minimum Gasteiger partial charge on any atom is -0.378 e. The van der Waals surface area contributed by atoms with Crippen LogP contribution < -0.4 is 16.6 Å². The Morgan fingerprint density at radius 2 is 2.12 bits per heavy atom. The number of nitrogens with two attached hydrogens (primary N) is 1. The van der Waals surface area contributed by atoms with E-state index < -0.39 is 39.8 Å². The number of halogens is 3. The molecule has 0 spiro atoms. The van der Waals surface area contributed by atoms with Crippen molar-refractivity contribution in [2.75, 3.05) is 11.9 Å². The molecule has 1 aliphatic carbocycles. The van der Waals surface area contributed by atoms with Crippen LogP contribution in [0, 0.1) is 5.41 Å². The van der Waals surface area contributed by atoms with Crippen molar-refractivity contribution in [3.63, 3.8) is 0 Å². The van der Waals surface area contributed by atoms with E-state index in [4.69, 9.17) is 10.5 Å². The van der Waals surface area contributed by atoms with Gasteiger partial charge in [-0.05, 0) is 13.0 Å². The average molecular weight is 347 g/mol. The van der Waals surface area contributed by atoms with Gasteiger partial charge in [0.1, 0.15) is 11.2 Å². The molecule has 1 aliphatic rings. The highest BCUT2D eigenvalue weighted by molar-refractivity contribution is 5.99. The lowest BCUT2D eigenvalue weighted by Crippen LogP contribution is -2.74. The van der Waals surface area contributed by atoms with Crippen molar-refractivity contribution < 1.29 is 22.7 Å². The van der Waals surface area contributed by atoms with Crippen LogP contribution in [0.2, 0.25) is 0 Å². The second-order valence-corrected chi connectivity index (χ2v) is 6.42. The van der Waals surface area contributed by atoms with Crippen molar-refractivity contribution in [3.8, 4) is 0 Å². The Hall–Kier alpha value is -1.87. The molecule has 6 nitrogen and oxygen atoms in total. The number of aromatic nitrogens is 1. The molecule has 1 aromatic rings. The fourth-order valence-electron chi connectivity index (χ4n) is 2.79. The summed E-state index contributed by atoms with van der Waals surface area (Å²) in [5.41, 5.74) is 1.69. The number of hydrogen-bond donors (Lipinski definition) is 3. The highest BCUT2D eigenvalue weighted by atomic mass is 19.4. The molecule has 2 rings (SSSR count). The summed E-state index contributed by atoms with van der Waals surface area (Å²) in [6, 6.07) is 0.589. The maximum absolute atomic E-state index is 12.7. The second-order valence-electron chi connectivity index (χ2n) is 6.42. The fourth-order valence-corrected chi connectivity index (χ4v) is 2.79. The van der Waals surface area contributed by atoms with Gasteiger partial charge in [0.25, 0.3) is 5.56 Å². The molecule has 24 heavy (non-hydrogen) atoms. The monoisotopic (exact) mass is 347 g/mol. The second kappa shape index (κ2) is 5.89. The molecular weight excluding hydrogens is 327 g/mol. The third kappa shape index (κ3) is 2.93. The van der Waals surface area contributed by atoms with E-state index in [-0.39, 0.29) is 12.5 Å². The zero-order chi connectivity index (χ0) is 18.3. The first kappa shape index (κ1) is 18.5. The molecule has 134 valence electrons. The molecule has 1 heterocycles. The largest absolute Gasteiger partial charge is 0.417 e. The molecule has 2 unspecified atom stereocenters.